The number of rotatable bonds is 3. The smallest absolute Gasteiger partial charge is 0.0792 e. The van der Waals surface area contributed by atoms with Gasteiger partial charge in [-0.1, -0.05) is 0 Å². The van der Waals surface area contributed by atoms with Crippen molar-refractivity contribution >= 4 is 11.3 Å². The number of thiophene rings is 1. The Hall–Kier alpha value is -0.380. The van der Waals surface area contributed by atoms with Crippen molar-refractivity contribution in [3.8, 4) is 0 Å². The molecule has 15 heavy (non-hydrogen) atoms. The zero-order valence-corrected chi connectivity index (χ0v) is 10.3. The van der Waals surface area contributed by atoms with Crippen LogP contribution in [-0.4, -0.2) is 35.2 Å². The van der Waals surface area contributed by atoms with E-state index < -0.39 is 5.60 Å². The molecule has 1 aliphatic rings. The van der Waals surface area contributed by atoms with Crippen LogP contribution in [0.2, 0.25) is 0 Å². The second kappa shape index (κ2) is 4.24. The van der Waals surface area contributed by atoms with E-state index in [1.807, 2.05) is 0 Å². The lowest BCUT2D eigenvalue weighted by atomic mass is 9.93. The predicted molar refractivity (Wildman–Crippen MR) is 64.3 cm³/mol. The molecule has 2 heterocycles. The summed E-state index contributed by atoms with van der Waals surface area (Å²) in [7, 11) is 2.09. The molecular formula is C12H19NOS. The third-order valence-corrected chi connectivity index (χ3v) is 4.16. The monoisotopic (exact) mass is 225 g/mol. The number of hydrogen-bond donors (Lipinski definition) is 1. The van der Waals surface area contributed by atoms with Gasteiger partial charge in [-0.2, -0.15) is 11.3 Å². The van der Waals surface area contributed by atoms with E-state index in [1.54, 1.807) is 11.3 Å². The SMILES string of the molecule is CC1CC(O)(CCc2ccsc2)CN1C. The highest BCUT2D eigenvalue weighted by Gasteiger charge is 2.38. The van der Waals surface area contributed by atoms with Crippen molar-refractivity contribution in [2.45, 2.75) is 37.8 Å². The summed E-state index contributed by atoms with van der Waals surface area (Å²) in [5.41, 5.74) is 0.895. The molecule has 3 heteroatoms. The largest absolute Gasteiger partial charge is 0.388 e. The Morgan fingerprint density at radius 2 is 2.47 bits per heavy atom. The highest BCUT2D eigenvalue weighted by atomic mass is 32.1. The number of likely N-dealkylation sites (tertiary alicyclic amines) is 1. The molecule has 0 bridgehead atoms. The molecule has 2 unspecified atom stereocenters. The van der Waals surface area contributed by atoms with E-state index in [2.05, 4.69) is 35.7 Å². The van der Waals surface area contributed by atoms with Gasteiger partial charge < -0.3 is 10.0 Å². The summed E-state index contributed by atoms with van der Waals surface area (Å²) in [4.78, 5) is 2.24. The minimum atomic E-state index is -0.462. The van der Waals surface area contributed by atoms with Gasteiger partial charge >= 0.3 is 0 Å². The standard InChI is InChI=1S/C12H19NOS/c1-10-7-12(14,9-13(10)2)5-3-11-4-6-15-8-11/h4,6,8,10,14H,3,5,7,9H2,1-2H3. The molecule has 1 fully saturated rings. The van der Waals surface area contributed by atoms with Gasteiger partial charge in [0.2, 0.25) is 0 Å². The zero-order chi connectivity index (χ0) is 10.9. The Kier molecular flexibility index (Phi) is 3.14. The summed E-state index contributed by atoms with van der Waals surface area (Å²) in [6.45, 7) is 3.00. The van der Waals surface area contributed by atoms with Gasteiger partial charge in [0, 0.05) is 12.6 Å². The van der Waals surface area contributed by atoms with Crippen molar-refractivity contribution in [2.24, 2.45) is 0 Å². The highest BCUT2D eigenvalue weighted by molar-refractivity contribution is 7.07. The molecule has 1 aliphatic heterocycles. The van der Waals surface area contributed by atoms with Crippen molar-refractivity contribution in [1.29, 1.82) is 0 Å². The molecular weight excluding hydrogens is 206 g/mol. The van der Waals surface area contributed by atoms with E-state index in [1.165, 1.54) is 5.56 Å². The molecule has 1 aromatic heterocycles. The van der Waals surface area contributed by atoms with E-state index in [9.17, 15) is 5.11 Å². The summed E-state index contributed by atoms with van der Waals surface area (Å²) in [6.07, 6.45) is 2.80. The topological polar surface area (TPSA) is 23.5 Å². The third kappa shape index (κ3) is 2.60. The quantitative estimate of drug-likeness (QED) is 0.852. The lowest BCUT2D eigenvalue weighted by Gasteiger charge is -2.21. The number of hydrogen-bond acceptors (Lipinski definition) is 3. The molecule has 1 N–H and O–H groups in total. The lowest BCUT2D eigenvalue weighted by Crippen LogP contribution is -2.32. The summed E-state index contributed by atoms with van der Waals surface area (Å²) in [5, 5.41) is 14.7. The van der Waals surface area contributed by atoms with Crippen LogP contribution < -0.4 is 0 Å². The second-order valence-electron chi connectivity index (χ2n) is 4.82. The molecule has 0 spiro atoms. The molecule has 0 amide bonds. The van der Waals surface area contributed by atoms with Crippen LogP contribution in [0.25, 0.3) is 0 Å². The van der Waals surface area contributed by atoms with Crippen molar-refractivity contribution in [3.63, 3.8) is 0 Å². The van der Waals surface area contributed by atoms with Gasteiger partial charge in [-0.3, -0.25) is 0 Å². The molecule has 0 aliphatic carbocycles. The minimum absolute atomic E-state index is 0.462. The van der Waals surface area contributed by atoms with Gasteiger partial charge in [-0.05, 0) is 55.6 Å². The third-order valence-electron chi connectivity index (χ3n) is 3.43. The first-order valence-electron chi connectivity index (χ1n) is 5.53. The molecule has 2 atom stereocenters. The van der Waals surface area contributed by atoms with Crippen molar-refractivity contribution in [3.05, 3.63) is 22.4 Å². The number of nitrogens with zero attached hydrogens (tertiary/aromatic N) is 1. The van der Waals surface area contributed by atoms with E-state index in [0.717, 1.165) is 25.8 Å². The maximum atomic E-state index is 10.4. The lowest BCUT2D eigenvalue weighted by molar-refractivity contribution is 0.0432. The van der Waals surface area contributed by atoms with Crippen LogP contribution in [0, 0.1) is 0 Å². The van der Waals surface area contributed by atoms with Gasteiger partial charge in [-0.15, -0.1) is 0 Å². The van der Waals surface area contributed by atoms with E-state index in [0.29, 0.717) is 6.04 Å². The number of likely N-dealkylation sites (N-methyl/N-ethyl adjacent to an activating group) is 1. The number of β-amino-alcohol motifs (C(OH)–C–C–N with tert-alkyl or cyclic N) is 1. The van der Waals surface area contributed by atoms with E-state index in [-0.39, 0.29) is 0 Å². The van der Waals surface area contributed by atoms with Gasteiger partial charge in [0.1, 0.15) is 0 Å². The summed E-state index contributed by atoms with van der Waals surface area (Å²) >= 11 is 1.73. The Bertz CT molecular complexity index is 299. The first kappa shape index (κ1) is 11.1. The number of aliphatic hydroxyl groups is 1. The van der Waals surface area contributed by atoms with E-state index >= 15 is 0 Å². The fourth-order valence-electron chi connectivity index (χ4n) is 2.38. The van der Waals surface area contributed by atoms with Gasteiger partial charge in [0.05, 0.1) is 5.60 Å². The van der Waals surface area contributed by atoms with Gasteiger partial charge in [0.15, 0.2) is 0 Å². The molecule has 84 valence electrons. The van der Waals surface area contributed by atoms with Crippen molar-refractivity contribution < 1.29 is 5.11 Å². The van der Waals surface area contributed by atoms with Crippen LogP contribution in [0.1, 0.15) is 25.3 Å². The van der Waals surface area contributed by atoms with Crippen LogP contribution in [0.5, 0.6) is 0 Å². The maximum Gasteiger partial charge on any atom is 0.0792 e. The molecule has 0 radical (unpaired) electrons. The van der Waals surface area contributed by atoms with Crippen molar-refractivity contribution in [1.82, 2.24) is 4.90 Å². The molecule has 2 rings (SSSR count). The molecule has 2 nitrogen and oxygen atoms in total. The van der Waals surface area contributed by atoms with Gasteiger partial charge in [0.25, 0.3) is 0 Å². The normalized spacial score (nSPS) is 32.3. The molecule has 0 aromatic carbocycles. The Morgan fingerprint density at radius 1 is 1.67 bits per heavy atom. The fraction of sp³-hybridized carbons (Fsp3) is 0.667. The van der Waals surface area contributed by atoms with Crippen LogP contribution in [0.3, 0.4) is 0 Å². The van der Waals surface area contributed by atoms with E-state index in [4.69, 9.17) is 0 Å². The highest BCUT2D eigenvalue weighted by Crippen LogP contribution is 2.29. The minimum Gasteiger partial charge on any atom is -0.388 e. The summed E-state index contributed by atoms with van der Waals surface area (Å²) in [5.74, 6) is 0. The second-order valence-corrected chi connectivity index (χ2v) is 5.60. The number of aryl methyl sites for hydroxylation is 1. The fourth-order valence-corrected chi connectivity index (χ4v) is 3.09. The van der Waals surface area contributed by atoms with Crippen molar-refractivity contribution in [2.75, 3.05) is 13.6 Å². The van der Waals surface area contributed by atoms with Crippen LogP contribution in [-0.2, 0) is 6.42 Å². The predicted octanol–water partition coefficient (Wildman–Crippen LogP) is 2.14. The van der Waals surface area contributed by atoms with Gasteiger partial charge in [-0.25, -0.2) is 0 Å². The summed E-state index contributed by atoms with van der Waals surface area (Å²) in [6, 6.07) is 2.66. The first-order chi connectivity index (χ1) is 7.09. The average molecular weight is 225 g/mol. The zero-order valence-electron chi connectivity index (χ0n) is 9.44. The molecule has 0 saturated carbocycles. The Balaban J connectivity index is 1.89. The van der Waals surface area contributed by atoms with Crippen LogP contribution >= 0.6 is 11.3 Å². The Morgan fingerprint density at radius 3 is 3.00 bits per heavy atom. The average Bonchev–Trinajstić information content (AvgIpc) is 2.74. The first-order valence-corrected chi connectivity index (χ1v) is 6.47. The summed E-state index contributed by atoms with van der Waals surface area (Å²) < 4.78 is 0. The maximum absolute atomic E-state index is 10.4. The Labute approximate surface area is 95.5 Å². The molecule has 1 saturated heterocycles. The molecule has 1 aromatic rings. The van der Waals surface area contributed by atoms with Crippen LogP contribution in [0.4, 0.5) is 0 Å². The van der Waals surface area contributed by atoms with Crippen LogP contribution in [0.15, 0.2) is 16.8 Å².